The fraction of sp³-hybridized carbons (Fsp3) is 0.500. The fourth-order valence-corrected chi connectivity index (χ4v) is 0.531. The molecule has 1 aromatic heterocycles. The van der Waals surface area contributed by atoms with Crippen LogP contribution in [0.5, 0.6) is 0 Å². The summed E-state index contributed by atoms with van der Waals surface area (Å²) in [6, 6.07) is 0. The van der Waals surface area contributed by atoms with Gasteiger partial charge >= 0.3 is 0 Å². The van der Waals surface area contributed by atoms with Crippen LogP contribution in [0.1, 0.15) is 0 Å². The van der Waals surface area contributed by atoms with E-state index in [4.69, 9.17) is 5.73 Å². The molecular weight excluding hydrogens is 120 g/mol. The number of amides is 1. The van der Waals surface area contributed by atoms with Crippen molar-refractivity contribution in [2.24, 2.45) is 12.8 Å². The van der Waals surface area contributed by atoms with E-state index >= 15 is 0 Å². The van der Waals surface area contributed by atoms with Crippen molar-refractivity contribution in [1.82, 2.24) is 14.6 Å². The van der Waals surface area contributed by atoms with Gasteiger partial charge in [-0.25, -0.2) is 9.48 Å². The number of aryl methyl sites for hydroxylation is 1. The maximum atomic E-state index is 10.2. The van der Waals surface area contributed by atoms with Gasteiger partial charge in [-0.3, -0.25) is 4.79 Å². The maximum Gasteiger partial charge on any atom is 0.239 e. The van der Waals surface area contributed by atoms with Crippen LogP contribution in [0.2, 0.25) is 0 Å². The summed E-state index contributed by atoms with van der Waals surface area (Å²) in [6.07, 6.45) is 1.55. The predicted octanol–water partition coefficient (Wildman–Crippen LogP) is -1.29. The molecule has 5 nitrogen and oxygen atoms in total. The molecule has 0 saturated carbocycles. The molecule has 0 unspecified atom stereocenters. The second-order valence-electron chi connectivity index (χ2n) is 1.78. The van der Waals surface area contributed by atoms with Crippen LogP contribution in [0, 0.1) is 0 Å². The van der Waals surface area contributed by atoms with Crippen LogP contribution < -0.4 is 5.73 Å². The first-order chi connectivity index (χ1) is 4.20. The average molecular weight is 128 g/mol. The number of carbonyl (C=O) groups is 1. The van der Waals surface area contributed by atoms with Gasteiger partial charge in [0.2, 0.25) is 5.91 Å². The molecule has 0 aliphatic rings. The van der Waals surface area contributed by atoms with Gasteiger partial charge in [0, 0.05) is 7.05 Å². The Bertz CT molecular complexity index is 211. The number of hydrogen-bond donors (Lipinski definition) is 1. The Labute approximate surface area is 52.0 Å². The van der Waals surface area contributed by atoms with Crippen LogP contribution in [0.3, 0.4) is 0 Å². The van der Waals surface area contributed by atoms with Crippen LogP contribution in [-0.2, 0) is 18.4 Å². The fourth-order valence-electron chi connectivity index (χ4n) is 0.531. The van der Waals surface area contributed by atoms with Crippen molar-refractivity contribution in [3.63, 3.8) is 0 Å². The van der Waals surface area contributed by atoms with Crippen molar-refractivity contribution in [3.05, 3.63) is 6.33 Å². The third-order valence-corrected chi connectivity index (χ3v) is 1.04. The molecule has 1 aromatic rings. The molecule has 1 amide bonds. The minimum Gasteiger partial charge on any atom is -0.368 e. The van der Waals surface area contributed by atoms with Crippen LogP contribution in [0.4, 0.5) is 0 Å². The Morgan fingerprint density at radius 1 is 1.89 bits per heavy atom. The van der Waals surface area contributed by atoms with Gasteiger partial charge in [-0.05, 0) is 0 Å². The third kappa shape index (κ3) is 1.10. The van der Waals surface area contributed by atoms with Crippen molar-refractivity contribution in [1.29, 1.82) is 0 Å². The van der Waals surface area contributed by atoms with E-state index in [2.05, 4.69) is 5.10 Å². The molecule has 0 aliphatic heterocycles. The van der Waals surface area contributed by atoms with E-state index in [0.717, 1.165) is 0 Å². The Balaban J connectivity index is 2.53. The van der Waals surface area contributed by atoms with E-state index < -0.39 is 0 Å². The second kappa shape index (κ2) is 1.93. The zero-order valence-electron chi connectivity index (χ0n) is 5.11. The summed E-state index contributed by atoms with van der Waals surface area (Å²) in [5, 5.41) is 3.73. The van der Waals surface area contributed by atoms with Gasteiger partial charge in [-0.15, -0.1) is 5.10 Å². The number of nitrogens with zero attached hydrogens (tertiary/aromatic N) is 3. The van der Waals surface area contributed by atoms with Gasteiger partial charge < -0.3 is 5.73 Å². The lowest BCUT2D eigenvalue weighted by molar-refractivity contribution is -0.119. The van der Waals surface area contributed by atoms with Crippen LogP contribution >= 0.6 is 0 Å². The molecule has 1 rings (SSSR count). The molecule has 0 fully saturated rings. The first kappa shape index (κ1) is 5.87. The number of aromatic nitrogens is 3. The first-order valence-corrected chi connectivity index (χ1v) is 2.53. The summed E-state index contributed by atoms with van der Waals surface area (Å²) in [4.78, 5) is 11.8. The maximum absolute atomic E-state index is 10.2. The molecule has 2 N–H and O–H groups in total. The highest BCUT2D eigenvalue weighted by Crippen LogP contribution is 1.82. The van der Waals surface area contributed by atoms with E-state index in [0.29, 0.717) is 0 Å². The van der Waals surface area contributed by atoms with Crippen LogP contribution in [-0.4, -0.2) is 20.5 Å². The highest BCUT2D eigenvalue weighted by molar-refractivity contribution is 5.73. The molecule has 0 saturated heterocycles. The van der Waals surface area contributed by atoms with Gasteiger partial charge in [0.15, 0.2) is 0 Å². The lowest BCUT2D eigenvalue weighted by atomic mass is 10.6. The molecule has 5 heteroatoms. The van der Waals surface area contributed by atoms with E-state index in [-0.39, 0.29) is 12.5 Å². The molecule has 0 spiro atoms. The second-order valence-corrected chi connectivity index (χ2v) is 1.78. The third-order valence-electron chi connectivity index (χ3n) is 1.04. The molecule has 9 heavy (non-hydrogen) atoms. The number of nitrogens with two attached hydrogens (primary N) is 1. The monoisotopic (exact) mass is 128 g/mol. The topological polar surface area (TPSA) is 65.8 Å². The molecule has 50 valence electrons. The number of carbonyl (C=O) groups excluding carboxylic acids is 1. The van der Waals surface area contributed by atoms with Gasteiger partial charge in [-0.2, -0.15) is 0 Å². The quantitative estimate of drug-likeness (QED) is 0.538. The van der Waals surface area contributed by atoms with Gasteiger partial charge in [0.1, 0.15) is 12.9 Å². The van der Waals surface area contributed by atoms with Crippen molar-refractivity contribution in [2.45, 2.75) is 6.54 Å². The van der Waals surface area contributed by atoms with Gasteiger partial charge in [0.05, 0.1) is 0 Å². The van der Waals surface area contributed by atoms with E-state index in [1.54, 1.807) is 22.9 Å². The highest BCUT2D eigenvalue weighted by Gasteiger charge is 1.99. The molecule has 0 aromatic carbocycles. The predicted molar refractivity (Wildman–Crippen MR) is 30.4 cm³/mol. The molecule has 0 bridgehead atoms. The van der Waals surface area contributed by atoms with E-state index in [1.165, 1.54) is 0 Å². The first-order valence-electron chi connectivity index (χ1n) is 2.53. The minimum absolute atomic E-state index is 0.208. The summed E-state index contributed by atoms with van der Waals surface area (Å²) in [5.41, 5.74) is 4.90. The molecular formula is C4H8N4O. The van der Waals surface area contributed by atoms with Crippen LogP contribution in [0.25, 0.3) is 0 Å². The summed E-state index contributed by atoms with van der Waals surface area (Å²) in [6.45, 7) is 0.208. The van der Waals surface area contributed by atoms with Crippen molar-refractivity contribution < 1.29 is 4.79 Å². The minimum atomic E-state index is -0.354. The Morgan fingerprint density at radius 2 is 2.56 bits per heavy atom. The zero-order valence-corrected chi connectivity index (χ0v) is 5.11. The van der Waals surface area contributed by atoms with Crippen molar-refractivity contribution in [3.8, 4) is 0 Å². The normalized spacial score (nSPS) is 9.89. The smallest absolute Gasteiger partial charge is 0.239 e. The summed E-state index contributed by atoms with van der Waals surface area (Å²) < 4.78 is 1.61. The number of hydrogen-bond acceptors (Lipinski definition) is 2. The lowest BCUT2D eigenvalue weighted by Crippen LogP contribution is -2.28. The zero-order chi connectivity index (χ0) is 6.85. The summed E-state index contributed by atoms with van der Waals surface area (Å²) in [5.74, 6) is -0.354. The molecule has 0 radical (unpaired) electrons. The van der Waals surface area contributed by atoms with Crippen LogP contribution in [0.15, 0.2) is 6.33 Å². The summed E-state index contributed by atoms with van der Waals surface area (Å²) >= 11 is 0. The number of primary amides is 1. The molecule has 0 aliphatic carbocycles. The number of rotatable bonds is 2. The van der Waals surface area contributed by atoms with Crippen molar-refractivity contribution >= 4 is 5.91 Å². The Kier molecular flexibility index (Phi) is 1.26. The van der Waals surface area contributed by atoms with Gasteiger partial charge in [0.25, 0.3) is 0 Å². The van der Waals surface area contributed by atoms with E-state index in [9.17, 15) is 4.79 Å². The average Bonchev–Trinajstić information content (AvgIpc) is 1.79. The lowest BCUT2D eigenvalue weighted by Gasteiger charge is -2.11. The van der Waals surface area contributed by atoms with E-state index in [1.807, 2.05) is 0 Å². The Morgan fingerprint density at radius 3 is 2.67 bits per heavy atom. The standard InChI is InChI=1S/C4H8N4O/c1-7-6-3-8(7)2-4(5)9/h3H,2H2,1H3,(H2,5,9). The molecule has 1 heterocycles. The SMILES string of the molecule is Cn1ncn1CC(N)=O. The highest BCUT2D eigenvalue weighted by atomic mass is 16.1. The largest absolute Gasteiger partial charge is 0.368 e. The Hall–Kier alpha value is -1.26. The molecule has 0 atom stereocenters. The summed E-state index contributed by atoms with van der Waals surface area (Å²) in [7, 11) is 1.74. The van der Waals surface area contributed by atoms with Crippen molar-refractivity contribution in [2.75, 3.05) is 0 Å². The van der Waals surface area contributed by atoms with Gasteiger partial charge in [-0.1, -0.05) is 0 Å².